The standard InChI is InChI=1S/C15H20BrF3N4O/c1-10-3-4-11(16)9-12(10)23-13(24)5-7-21-14(20-2)22-8-6-15(17,18)19/h3-4,9H,5-8H2,1-2H3,(H,23,24)(H2,20,21,22). The van der Waals surface area contributed by atoms with Crippen LogP contribution in [0.4, 0.5) is 18.9 Å². The maximum absolute atomic E-state index is 12.1. The average molecular weight is 409 g/mol. The summed E-state index contributed by atoms with van der Waals surface area (Å²) in [5, 5.41) is 8.13. The number of amides is 1. The summed E-state index contributed by atoms with van der Waals surface area (Å²) in [5.41, 5.74) is 1.64. The highest BCUT2D eigenvalue weighted by Gasteiger charge is 2.26. The number of carbonyl (C=O) groups is 1. The van der Waals surface area contributed by atoms with Crippen molar-refractivity contribution >= 4 is 33.5 Å². The molecule has 0 aromatic heterocycles. The summed E-state index contributed by atoms with van der Waals surface area (Å²) in [4.78, 5) is 15.7. The number of anilines is 1. The number of hydrogen-bond donors (Lipinski definition) is 3. The minimum absolute atomic E-state index is 0.159. The van der Waals surface area contributed by atoms with Gasteiger partial charge in [-0.1, -0.05) is 22.0 Å². The van der Waals surface area contributed by atoms with E-state index in [1.54, 1.807) is 6.07 Å². The van der Waals surface area contributed by atoms with E-state index in [9.17, 15) is 18.0 Å². The molecule has 0 fully saturated rings. The molecule has 0 radical (unpaired) electrons. The van der Waals surface area contributed by atoms with Crippen LogP contribution in [0.5, 0.6) is 0 Å². The molecule has 1 aromatic carbocycles. The molecule has 0 unspecified atom stereocenters. The zero-order valence-corrected chi connectivity index (χ0v) is 15.0. The van der Waals surface area contributed by atoms with Crippen LogP contribution in [0.2, 0.25) is 0 Å². The molecule has 0 aliphatic rings. The van der Waals surface area contributed by atoms with E-state index in [-0.39, 0.29) is 31.4 Å². The molecule has 0 aliphatic carbocycles. The summed E-state index contributed by atoms with van der Waals surface area (Å²) in [7, 11) is 1.45. The Labute approximate surface area is 147 Å². The number of guanidine groups is 1. The van der Waals surface area contributed by atoms with E-state index in [0.29, 0.717) is 5.69 Å². The summed E-state index contributed by atoms with van der Waals surface area (Å²) in [6.45, 7) is 1.86. The predicted octanol–water partition coefficient (Wildman–Crippen LogP) is 3.20. The number of hydrogen-bond acceptors (Lipinski definition) is 2. The van der Waals surface area contributed by atoms with Gasteiger partial charge in [0.1, 0.15) is 0 Å². The monoisotopic (exact) mass is 408 g/mol. The van der Waals surface area contributed by atoms with E-state index < -0.39 is 12.6 Å². The van der Waals surface area contributed by atoms with Crippen molar-refractivity contribution in [3.8, 4) is 0 Å². The fraction of sp³-hybridized carbons (Fsp3) is 0.467. The number of carbonyl (C=O) groups excluding carboxylic acids is 1. The van der Waals surface area contributed by atoms with E-state index >= 15 is 0 Å². The molecule has 3 N–H and O–H groups in total. The van der Waals surface area contributed by atoms with Crippen LogP contribution in [0, 0.1) is 6.92 Å². The Morgan fingerprint density at radius 1 is 1.25 bits per heavy atom. The first kappa shape index (κ1) is 20.3. The lowest BCUT2D eigenvalue weighted by Crippen LogP contribution is -2.40. The summed E-state index contributed by atoms with van der Waals surface area (Å²) >= 11 is 3.34. The minimum Gasteiger partial charge on any atom is -0.356 e. The fourth-order valence-electron chi connectivity index (χ4n) is 1.78. The molecule has 0 atom stereocenters. The molecule has 0 saturated heterocycles. The minimum atomic E-state index is -4.21. The zero-order valence-electron chi connectivity index (χ0n) is 13.4. The van der Waals surface area contributed by atoms with Crippen LogP contribution in [0.25, 0.3) is 0 Å². The molecular weight excluding hydrogens is 389 g/mol. The van der Waals surface area contributed by atoms with Gasteiger partial charge in [-0.05, 0) is 24.6 Å². The second-order valence-corrected chi connectivity index (χ2v) is 5.96. The highest BCUT2D eigenvalue weighted by atomic mass is 79.9. The van der Waals surface area contributed by atoms with Crippen molar-refractivity contribution in [1.82, 2.24) is 10.6 Å². The second-order valence-electron chi connectivity index (χ2n) is 5.05. The van der Waals surface area contributed by atoms with Gasteiger partial charge >= 0.3 is 6.18 Å². The van der Waals surface area contributed by atoms with Crippen LogP contribution in [0.1, 0.15) is 18.4 Å². The van der Waals surface area contributed by atoms with Crippen LogP contribution < -0.4 is 16.0 Å². The van der Waals surface area contributed by atoms with Crippen molar-refractivity contribution < 1.29 is 18.0 Å². The van der Waals surface area contributed by atoms with Crippen molar-refractivity contribution in [3.05, 3.63) is 28.2 Å². The predicted molar refractivity (Wildman–Crippen MR) is 92.2 cm³/mol. The molecule has 0 aliphatic heterocycles. The van der Waals surface area contributed by atoms with E-state index in [1.807, 2.05) is 19.1 Å². The maximum atomic E-state index is 12.1. The molecule has 5 nitrogen and oxygen atoms in total. The number of benzene rings is 1. The number of rotatable bonds is 6. The van der Waals surface area contributed by atoms with Crippen molar-refractivity contribution in [2.75, 3.05) is 25.5 Å². The molecule has 0 saturated carbocycles. The molecule has 1 amide bonds. The Balaban J connectivity index is 2.34. The number of nitrogens with zero attached hydrogens (tertiary/aromatic N) is 1. The van der Waals surface area contributed by atoms with Gasteiger partial charge in [-0.3, -0.25) is 9.79 Å². The first-order chi connectivity index (χ1) is 11.2. The molecule has 0 spiro atoms. The normalized spacial score (nSPS) is 12.0. The van der Waals surface area contributed by atoms with Gasteiger partial charge in [0.25, 0.3) is 0 Å². The van der Waals surface area contributed by atoms with Gasteiger partial charge in [0.2, 0.25) is 5.91 Å². The van der Waals surface area contributed by atoms with Crippen LogP contribution >= 0.6 is 15.9 Å². The van der Waals surface area contributed by atoms with Gasteiger partial charge in [-0.2, -0.15) is 13.2 Å². The van der Waals surface area contributed by atoms with Crippen molar-refractivity contribution in [1.29, 1.82) is 0 Å². The molecule has 134 valence electrons. The van der Waals surface area contributed by atoms with Gasteiger partial charge < -0.3 is 16.0 Å². The first-order valence-electron chi connectivity index (χ1n) is 7.28. The summed E-state index contributed by atoms with van der Waals surface area (Å²) in [6.07, 6.45) is -5.00. The molecular formula is C15H20BrF3N4O. The first-order valence-corrected chi connectivity index (χ1v) is 8.08. The third-order valence-corrected chi connectivity index (χ3v) is 3.54. The van der Waals surface area contributed by atoms with Gasteiger partial charge in [0.15, 0.2) is 5.96 Å². The van der Waals surface area contributed by atoms with E-state index in [1.165, 1.54) is 7.05 Å². The number of nitrogens with one attached hydrogen (secondary N) is 3. The number of aliphatic imine (C=N–C) groups is 1. The van der Waals surface area contributed by atoms with Crippen LogP contribution in [0.3, 0.4) is 0 Å². The highest BCUT2D eigenvalue weighted by molar-refractivity contribution is 9.10. The van der Waals surface area contributed by atoms with Gasteiger partial charge in [0.05, 0.1) is 6.42 Å². The molecule has 0 bridgehead atoms. The van der Waals surface area contributed by atoms with Gasteiger partial charge in [-0.15, -0.1) is 0 Å². The van der Waals surface area contributed by atoms with E-state index in [0.717, 1.165) is 10.0 Å². The Hall–Kier alpha value is -1.77. The Morgan fingerprint density at radius 2 is 1.92 bits per heavy atom. The average Bonchev–Trinajstić information content (AvgIpc) is 2.48. The summed E-state index contributed by atoms with van der Waals surface area (Å²) in [6, 6.07) is 5.56. The van der Waals surface area contributed by atoms with Crippen molar-refractivity contribution in [2.24, 2.45) is 4.99 Å². The largest absolute Gasteiger partial charge is 0.390 e. The Kier molecular flexibility index (Phi) is 8.03. The van der Waals surface area contributed by atoms with Gasteiger partial charge in [0, 0.05) is 36.7 Å². The Morgan fingerprint density at radius 3 is 2.54 bits per heavy atom. The number of aryl methyl sites for hydroxylation is 1. The second kappa shape index (κ2) is 9.51. The molecule has 24 heavy (non-hydrogen) atoms. The third-order valence-electron chi connectivity index (χ3n) is 3.04. The summed E-state index contributed by atoms with van der Waals surface area (Å²) in [5.74, 6) is 0.0279. The molecule has 1 rings (SSSR count). The topological polar surface area (TPSA) is 65.5 Å². The molecule has 0 heterocycles. The lowest BCUT2D eigenvalue weighted by molar-refractivity contribution is -0.132. The summed E-state index contributed by atoms with van der Waals surface area (Å²) < 4.78 is 37.1. The lowest BCUT2D eigenvalue weighted by Gasteiger charge is -2.13. The van der Waals surface area contributed by atoms with Crippen LogP contribution in [0.15, 0.2) is 27.7 Å². The van der Waals surface area contributed by atoms with Crippen LogP contribution in [-0.4, -0.2) is 38.2 Å². The Bertz CT molecular complexity index is 591. The number of halogens is 4. The van der Waals surface area contributed by atoms with Gasteiger partial charge in [-0.25, -0.2) is 0 Å². The molecule has 1 aromatic rings. The number of alkyl halides is 3. The fourth-order valence-corrected chi connectivity index (χ4v) is 2.14. The molecule has 9 heteroatoms. The maximum Gasteiger partial charge on any atom is 0.390 e. The highest BCUT2D eigenvalue weighted by Crippen LogP contribution is 2.20. The quantitative estimate of drug-likeness (QED) is 0.500. The van der Waals surface area contributed by atoms with Crippen molar-refractivity contribution in [2.45, 2.75) is 25.9 Å². The smallest absolute Gasteiger partial charge is 0.356 e. The SMILES string of the molecule is CN=C(NCCC(=O)Nc1cc(Br)ccc1C)NCCC(F)(F)F. The van der Waals surface area contributed by atoms with Crippen molar-refractivity contribution in [3.63, 3.8) is 0 Å². The third kappa shape index (κ3) is 8.19. The van der Waals surface area contributed by atoms with Crippen LogP contribution in [-0.2, 0) is 4.79 Å². The lowest BCUT2D eigenvalue weighted by atomic mass is 10.2. The van der Waals surface area contributed by atoms with E-state index in [2.05, 4.69) is 36.9 Å². The zero-order chi connectivity index (χ0) is 18.2. The van der Waals surface area contributed by atoms with E-state index in [4.69, 9.17) is 0 Å².